The number of nitrogens with one attached hydrogen (secondary N) is 1. The number of likely N-dealkylation sites (N-methyl/N-ethyl adjacent to an activating group) is 1. The molecule has 0 aliphatic carbocycles. The molecule has 23 heavy (non-hydrogen) atoms. The molecule has 1 N–H and O–H groups in total. The lowest BCUT2D eigenvalue weighted by Gasteiger charge is -2.17. The molecule has 0 heterocycles. The van der Waals surface area contributed by atoms with Gasteiger partial charge in [0.2, 0.25) is 11.8 Å². The predicted octanol–water partition coefficient (Wildman–Crippen LogP) is 3.74. The summed E-state index contributed by atoms with van der Waals surface area (Å²) in [6, 6.07) is 14.4. The van der Waals surface area contributed by atoms with Crippen molar-refractivity contribution < 1.29 is 9.59 Å². The molecule has 0 spiro atoms. The number of anilines is 1. The average molecular weight is 396 g/mol. The van der Waals surface area contributed by atoms with Gasteiger partial charge in [-0.15, -0.1) is 0 Å². The number of amides is 2. The molecule has 0 saturated heterocycles. The van der Waals surface area contributed by atoms with Crippen LogP contribution in [-0.4, -0.2) is 30.3 Å². The molecular formula is C17H16BrClN2O2. The maximum absolute atomic E-state index is 12.2. The second-order valence-corrected chi connectivity index (χ2v) is 6.37. The maximum atomic E-state index is 12.2. The van der Waals surface area contributed by atoms with Crippen molar-refractivity contribution in [1.82, 2.24) is 4.90 Å². The van der Waals surface area contributed by atoms with E-state index in [9.17, 15) is 9.59 Å². The summed E-state index contributed by atoms with van der Waals surface area (Å²) >= 11 is 9.18. The summed E-state index contributed by atoms with van der Waals surface area (Å²) in [6.45, 7) is -0.00619. The molecule has 0 unspecified atom stereocenters. The van der Waals surface area contributed by atoms with Crippen LogP contribution in [0.1, 0.15) is 5.56 Å². The predicted molar refractivity (Wildman–Crippen MR) is 95.6 cm³/mol. The van der Waals surface area contributed by atoms with E-state index in [4.69, 9.17) is 11.6 Å². The molecule has 0 aliphatic rings. The second kappa shape index (κ2) is 8.13. The van der Waals surface area contributed by atoms with Gasteiger partial charge in [0.15, 0.2) is 0 Å². The van der Waals surface area contributed by atoms with Crippen molar-refractivity contribution in [3.8, 4) is 0 Å². The Kier molecular flexibility index (Phi) is 6.19. The van der Waals surface area contributed by atoms with Crippen molar-refractivity contribution in [2.45, 2.75) is 6.42 Å². The fourth-order valence-corrected chi connectivity index (χ4v) is 2.48. The van der Waals surface area contributed by atoms with Gasteiger partial charge in [-0.2, -0.15) is 0 Å². The first-order chi connectivity index (χ1) is 11.0. The van der Waals surface area contributed by atoms with Gasteiger partial charge in [0.25, 0.3) is 0 Å². The Morgan fingerprint density at radius 3 is 2.43 bits per heavy atom. The Balaban J connectivity index is 1.89. The summed E-state index contributed by atoms with van der Waals surface area (Å²) in [5.74, 6) is -0.376. The molecule has 0 radical (unpaired) electrons. The first kappa shape index (κ1) is 17.5. The number of para-hydroxylation sites is 1. The smallest absolute Gasteiger partial charge is 0.244 e. The number of carbonyl (C=O) groups is 2. The van der Waals surface area contributed by atoms with Crippen LogP contribution in [0.3, 0.4) is 0 Å². The number of benzene rings is 2. The van der Waals surface area contributed by atoms with E-state index in [0.29, 0.717) is 10.7 Å². The lowest BCUT2D eigenvalue weighted by atomic mass is 10.1. The molecule has 2 aromatic rings. The molecule has 0 bridgehead atoms. The summed E-state index contributed by atoms with van der Waals surface area (Å²) in [4.78, 5) is 25.6. The second-order valence-electron chi connectivity index (χ2n) is 5.08. The van der Waals surface area contributed by atoms with E-state index >= 15 is 0 Å². The van der Waals surface area contributed by atoms with Crippen molar-refractivity contribution in [2.24, 2.45) is 0 Å². The Hall–Kier alpha value is -1.85. The number of carbonyl (C=O) groups excluding carboxylic acids is 2. The summed E-state index contributed by atoms with van der Waals surface area (Å²) in [7, 11) is 1.61. The van der Waals surface area contributed by atoms with Crippen LogP contribution in [0.25, 0.3) is 0 Å². The lowest BCUT2D eigenvalue weighted by molar-refractivity contribution is -0.132. The summed E-state index contributed by atoms with van der Waals surface area (Å²) < 4.78 is 0.795. The highest BCUT2D eigenvalue weighted by molar-refractivity contribution is 9.10. The van der Waals surface area contributed by atoms with Gasteiger partial charge in [-0.3, -0.25) is 9.59 Å². The van der Waals surface area contributed by atoms with Gasteiger partial charge < -0.3 is 10.2 Å². The fourth-order valence-electron chi connectivity index (χ4n) is 1.97. The highest BCUT2D eigenvalue weighted by Gasteiger charge is 2.14. The molecule has 4 nitrogen and oxygen atoms in total. The molecule has 2 amide bonds. The van der Waals surface area contributed by atoms with Gasteiger partial charge in [0.05, 0.1) is 18.7 Å². The highest BCUT2D eigenvalue weighted by atomic mass is 79.9. The van der Waals surface area contributed by atoms with Crippen molar-refractivity contribution in [2.75, 3.05) is 18.9 Å². The SMILES string of the molecule is CN(CC(=O)Nc1ccccc1Br)C(=O)Cc1ccc(Cl)cc1. The Morgan fingerprint density at radius 2 is 1.78 bits per heavy atom. The summed E-state index contributed by atoms with van der Waals surface area (Å²) in [5.41, 5.74) is 1.54. The van der Waals surface area contributed by atoms with Crippen LogP contribution in [0.4, 0.5) is 5.69 Å². The number of halogens is 2. The van der Waals surface area contributed by atoms with E-state index in [0.717, 1.165) is 10.0 Å². The number of rotatable bonds is 5. The lowest BCUT2D eigenvalue weighted by Crippen LogP contribution is -2.35. The standard InChI is InChI=1S/C17H16BrClN2O2/c1-21(17(23)10-12-6-8-13(19)9-7-12)11-16(22)20-15-5-3-2-4-14(15)18/h2-9H,10-11H2,1H3,(H,20,22). The zero-order valence-electron chi connectivity index (χ0n) is 12.6. The third-order valence-corrected chi connectivity index (χ3v) is 4.17. The van der Waals surface area contributed by atoms with Gasteiger partial charge in [-0.1, -0.05) is 35.9 Å². The van der Waals surface area contributed by atoms with Crippen molar-refractivity contribution >= 4 is 45.0 Å². The van der Waals surface area contributed by atoms with E-state index in [1.54, 1.807) is 37.4 Å². The van der Waals surface area contributed by atoms with E-state index in [-0.39, 0.29) is 24.8 Å². The third-order valence-electron chi connectivity index (χ3n) is 3.22. The average Bonchev–Trinajstić information content (AvgIpc) is 2.51. The fraction of sp³-hybridized carbons (Fsp3) is 0.176. The Morgan fingerprint density at radius 1 is 1.13 bits per heavy atom. The van der Waals surface area contributed by atoms with Crippen LogP contribution >= 0.6 is 27.5 Å². The molecule has 0 aliphatic heterocycles. The van der Waals surface area contributed by atoms with Crippen LogP contribution in [0, 0.1) is 0 Å². The molecule has 0 saturated carbocycles. The summed E-state index contributed by atoms with van der Waals surface area (Å²) in [6.07, 6.45) is 0.232. The summed E-state index contributed by atoms with van der Waals surface area (Å²) in [5, 5.41) is 3.40. The molecule has 2 rings (SSSR count). The van der Waals surface area contributed by atoms with Crippen LogP contribution < -0.4 is 5.32 Å². The van der Waals surface area contributed by atoms with Crippen molar-refractivity contribution in [1.29, 1.82) is 0 Å². The third kappa shape index (κ3) is 5.37. The molecule has 0 aromatic heterocycles. The van der Waals surface area contributed by atoms with Gasteiger partial charge in [-0.05, 0) is 45.8 Å². The molecular weight excluding hydrogens is 380 g/mol. The molecule has 0 atom stereocenters. The number of hydrogen-bond acceptors (Lipinski definition) is 2. The largest absolute Gasteiger partial charge is 0.336 e. The van der Waals surface area contributed by atoms with E-state index in [2.05, 4.69) is 21.2 Å². The normalized spacial score (nSPS) is 10.2. The van der Waals surface area contributed by atoms with E-state index in [1.165, 1.54) is 4.90 Å². The number of nitrogens with zero attached hydrogens (tertiary/aromatic N) is 1. The van der Waals surface area contributed by atoms with E-state index in [1.807, 2.05) is 18.2 Å². The number of hydrogen-bond donors (Lipinski definition) is 1. The molecule has 6 heteroatoms. The molecule has 2 aromatic carbocycles. The van der Waals surface area contributed by atoms with Gasteiger partial charge in [0, 0.05) is 16.5 Å². The minimum atomic E-state index is -0.246. The molecule has 0 fully saturated rings. The first-order valence-corrected chi connectivity index (χ1v) is 8.15. The first-order valence-electron chi connectivity index (χ1n) is 6.98. The quantitative estimate of drug-likeness (QED) is 0.838. The van der Waals surface area contributed by atoms with Gasteiger partial charge in [-0.25, -0.2) is 0 Å². The van der Waals surface area contributed by atoms with Gasteiger partial charge in [0.1, 0.15) is 0 Å². The van der Waals surface area contributed by atoms with E-state index < -0.39 is 0 Å². The molecule has 120 valence electrons. The minimum absolute atomic E-state index is 0.00619. The maximum Gasteiger partial charge on any atom is 0.244 e. The van der Waals surface area contributed by atoms with Crippen LogP contribution in [0.2, 0.25) is 5.02 Å². The Labute approximate surface area is 148 Å². The van der Waals surface area contributed by atoms with Crippen LogP contribution in [0.5, 0.6) is 0 Å². The highest BCUT2D eigenvalue weighted by Crippen LogP contribution is 2.21. The zero-order chi connectivity index (χ0) is 16.8. The van der Waals surface area contributed by atoms with Crippen LogP contribution in [0.15, 0.2) is 53.0 Å². The van der Waals surface area contributed by atoms with Crippen LogP contribution in [-0.2, 0) is 16.0 Å². The topological polar surface area (TPSA) is 49.4 Å². The monoisotopic (exact) mass is 394 g/mol. The zero-order valence-corrected chi connectivity index (χ0v) is 14.9. The van der Waals surface area contributed by atoms with Crippen molar-refractivity contribution in [3.63, 3.8) is 0 Å². The van der Waals surface area contributed by atoms with Gasteiger partial charge >= 0.3 is 0 Å². The Bertz CT molecular complexity index is 704. The minimum Gasteiger partial charge on any atom is -0.336 e. The van der Waals surface area contributed by atoms with Crippen molar-refractivity contribution in [3.05, 3.63) is 63.6 Å².